The Morgan fingerprint density at radius 2 is 1.93 bits per heavy atom. The van der Waals surface area contributed by atoms with Gasteiger partial charge in [0.15, 0.2) is 0 Å². The summed E-state index contributed by atoms with van der Waals surface area (Å²) in [5.41, 5.74) is 8.93. The van der Waals surface area contributed by atoms with E-state index in [2.05, 4.69) is 0 Å². The lowest BCUT2D eigenvalue weighted by Gasteiger charge is -2.16. The Balaban J connectivity index is 0.000000207. The van der Waals surface area contributed by atoms with Crippen molar-refractivity contribution in [3.8, 4) is 5.75 Å². The number of aryl methyl sites for hydroxylation is 1. The first-order valence-corrected chi connectivity index (χ1v) is 9.37. The quantitative estimate of drug-likeness (QED) is 0.615. The second-order valence-corrected chi connectivity index (χ2v) is 6.90. The summed E-state index contributed by atoms with van der Waals surface area (Å²) < 4.78 is 5.48. The van der Waals surface area contributed by atoms with Crippen LogP contribution in [0.5, 0.6) is 5.75 Å². The largest absolute Gasteiger partial charge is 0.491 e. The fraction of sp³-hybridized carbons (Fsp3) is 0.261. The maximum absolute atomic E-state index is 11.5. The minimum atomic E-state index is -0.479. The second-order valence-electron chi connectivity index (χ2n) is 6.90. The normalized spacial score (nSPS) is 13.4. The van der Waals surface area contributed by atoms with Crippen LogP contribution in [0.3, 0.4) is 0 Å². The zero-order valence-corrected chi connectivity index (χ0v) is 17.1. The highest BCUT2D eigenvalue weighted by Crippen LogP contribution is 2.31. The van der Waals surface area contributed by atoms with Gasteiger partial charge in [-0.25, -0.2) is 0 Å². The van der Waals surface area contributed by atoms with E-state index in [9.17, 15) is 9.59 Å². The maximum atomic E-state index is 11.5. The van der Waals surface area contributed by atoms with E-state index in [1.54, 1.807) is 18.9 Å². The minimum Gasteiger partial charge on any atom is -0.491 e. The number of nitrogens with zero attached hydrogens (tertiary/aromatic N) is 1. The summed E-state index contributed by atoms with van der Waals surface area (Å²) in [4.78, 5) is 23.9. The van der Waals surface area contributed by atoms with Crippen molar-refractivity contribution in [3.05, 3.63) is 71.3 Å². The number of fused-ring (bicyclic) bond motifs is 1. The molecule has 2 aromatic carbocycles. The first-order valence-electron chi connectivity index (χ1n) is 9.37. The SMILES string of the molecule is C/C(=C\C(=N)Cc1ccccc1)C(N)=O.Cc1ccc2c(c1)N(C)C(=O)CCO2. The molecule has 0 unspecified atom stereocenters. The molecule has 6 heteroatoms. The molecule has 1 heterocycles. The molecule has 0 atom stereocenters. The lowest BCUT2D eigenvalue weighted by molar-refractivity contribution is -0.118. The number of rotatable bonds is 4. The highest BCUT2D eigenvalue weighted by Gasteiger charge is 2.19. The van der Waals surface area contributed by atoms with Gasteiger partial charge in [0.1, 0.15) is 5.75 Å². The molecule has 2 amide bonds. The molecule has 0 radical (unpaired) electrons. The van der Waals surface area contributed by atoms with Gasteiger partial charge in [0.2, 0.25) is 11.8 Å². The summed E-state index contributed by atoms with van der Waals surface area (Å²) in [5.74, 6) is 0.422. The van der Waals surface area contributed by atoms with E-state index in [0.717, 1.165) is 22.6 Å². The third-order valence-corrected chi connectivity index (χ3v) is 4.44. The zero-order valence-electron chi connectivity index (χ0n) is 17.1. The molecule has 6 nitrogen and oxygen atoms in total. The van der Waals surface area contributed by atoms with Gasteiger partial charge in [0, 0.05) is 24.8 Å². The first kappa shape index (κ1) is 21.9. The Morgan fingerprint density at radius 1 is 1.24 bits per heavy atom. The van der Waals surface area contributed by atoms with Gasteiger partial charge < -0.3 is 20.8 Å². The molecule has 152 valence electrons. The van der Waals surface area contributed by atoms with Crippen molar-refractivity contribution in [1.29, 1.82) is 5.41 Å². The number of allylic oxidation sites excluding steroid dienone is 1. The number of benzene rings is 2. The number of primary amides is 1. The Labute approximate surface area is 171 Å². The van der Waals surface area contributed by atoms with Gasteiger partial charge in [-0.1, -0.05) is 36.4 Å². The number of nitrogens with two attached hydrogens (primary N) is 1. The Kier molecular flexibility index (Phi) is 7.71. The van der Waals surface area contributed by atoms with Crippen LogP contribution < -0.4 is 15.4 Å². The number of carbonyl (C=O) groups is 2. The van der Waals surface area contributed by atoms with Crippen LogP contribution in [0.25, 0.3) is 0 Å². The summed E-state index contributed by atoms with van der Waals surface area (Å²) in [6.07, 6.45) is 2.48. The van der Waals surface area contributed by atoms with Crippen LogP contribution in [-0.2, 0) is 16.0 Å². The molecule has 0 aromatic heterocycles. The Morgan fingerprint density at radius 3 is 2.59 bits per heavy atom. The van der Waals surface area contributed by atoms with Crippen molar-refractivity contribution in [2.75, 3.05) is 18.6 Å². The van der Waals surface area contributed by atoms with E-state index in [1.165, 1.54) is 6.08 Å². The van der Waals surface area contributed by atoms with Crippen LogP contribution in [0.4, 0.5) is 5.69 Å². The number of nitrogens with one attached hydrogen (secondary N) is 1. The third-order valence-electron chi connectivity index (χ3n) is 4.44. The lowest BCUT2D eigenvalue weighted by atomic mass is 10.1. The molecule has 0 spiro atoms. The van der Waals surface area contributed by atoms with Crippen molar-refractivity contribution in [1.82, 2.24) is 0 Å². The maximum Gasteiger partial charge on any atom is 0.244 e. The smallest absolute Gasteiger partial charge is 0.244 e. The molecule has 0 aliphatic carbocycles. The molecule has 3 rings (SSSR count). The molecule has 1 aliphatic rings. The molecule has 29 heavy (non-hydrogen) atoms. The first-order chi connectivity index (χ1) is 13.8. The Bertz CT molecular complexity index is 920. The van der Waals surface area contributed by atoms with E-state index < -0.39 is 5.91 Å². The van der Waals surface area contributed by atoms with Gasteiger partial charge in [0.05, 0.1) is 18.7 Å². The zero-order chi connectivity index (χ0) is 21.4. The van der Waals surface area contributed by atoms with Gasteiger partial charge in [-0.15, -0.1) is 0 Å². The highest BCUT2D eigenvalue weighted by atomic mass is 16.5. The lowest BCUT2D eigenvalue weighted by Crippen LogP contribution is -2.25. The third kappa shape index (κ3) is 6.60. The van der Waals surface area contributed by atoms with E-state index in [0.29, 0.717) is 30.7 Å². The minimum absolute atomic E-state index is 0.106. The standard InChI is InChI=1S/C12H14N2O.C11H13NO2/c1-9(12(14)15)7-11(13)8-10-5-3-2-4-6-10;1-8-3-4-10-9(7-8)12(2)11(13)5-6-14-10/h2-7,13H,8H2,1H3,(H2,14,15);3-4,7H,5-6H2,1-2H3/b9-7+,13-11?;. The second kappa shape index (κ2) is 10.2. The number of amides is 2. The predicted octanol–water partition coefficient (Wildman–Crippen LogP) is 3.42. The molecule has 0 saturated carbocycles. The number of carbonyl (C=O) groups excluding carboxylic acids is 2. The molecular formula is C23H27N3O3. The van der Waals surface area contributed by atoms with Crippen molar-refractivity contribution < 1.29 is 14.3 Å². The van der Waals surface area contributed by atoms with E-state index in [1.807, 2.05) is 55.5 Å². The van der Waals surface area contributed by atoms with Crippen molar-refractivity contribution in [3.63, 3.8) is 0 Å². The predicted molar refractivity (Wildman–Crippen MR) is 116 cm³/mol. The number of hydrogen-bond donors (Lipinski definition) is 2. The summed E-state index contributed by atoms with van der Waals surface area (Å²) in [6.45, 7) is 4.09. The Hall–Kier alpha value is -3.41. The number of ether oxygens (including phenoxy) is 1. The molecule has 3 N–H and O–H groups in total. The van der Waals surface area contributed by atoms with E-state index in [-0.39, 0.29) is 5.91 Å². The van der Waals surface area contributed by atoms with Crippen LogP contribution in [0.2, 0.25) is 0 Å². The van der Waals surface area contributed by atoms with Gasteiger partial charge in [-0.3, -0.25) is 9.59 Å². The van der Waals surface area contributed by atoms with Crippen LogP contribution in [-0.4, -0.2) is 31.2 Å². The van der Waals surface area contributed by atoms with Gasteiger partial charge in [-0.05, 0) is 43.2 Å². The average molecular weight is 393 g/mol. The molecule has 0 bridgehead atoms. The van der Waals surface area contributed by atoms with Gasteiger partial charge >= 0.3 is 0 Å². The molecule has 0 saturated heterocycles. The van der Waals surface area contributed by atoms with Gasteiger partial charge in [0.25, 0.3) is 0 Å². The summed E-state index contributed by atoms with van der Waals surface area (Å²) in [6, 6.07) is 15.5. The molecule has 0 fully saturated rings. The number of anilines is 1. The van der Waals surface area contributed by atoms with Crippen LogP contribution in [0.1, 0.15) is 24.5 Å². The van der Waals surface area contributed by atoms with Crippen LogP contribution >= 0.6 is 0 Å². The number of hydrogen-bond acceptors (Lipinski definition) is 4. The van der Waals surface area contributed by atoms with E-state index >= 15 is 0 Å². The summed E-state index contributed by atoms with van der Waals surface area (Å²) in [7, 11) is 1.79. The molecule has 1 aliphatic heterocycles. The fourth-order valence-corrected chi connectivity index (χ4v) is 2.76. The fourth-order valence-electron chi connectivity index (χ4n) is 2.76. The van der Waals surface area contributed by atoms with Crippen LogP contribution in [0, 0.1) is 12.3 Å². The van der Waals surface area contributed by atoms with Crippen molar-refractivity contribution >= 4 is 23.2 Å². The summed E-state index contributed by atoms with van der Waals surface area (Å²) >= 11 is 0. The highest BCUT2D eigenvalue weighted by molar-refractivity contribution is 6.02. The summed E-state index contributed by atoms with van der Waals surface area (Å²) in [5, 5.41) is 7.67. The van der Waals surface area contributed by atoms with Crippen molar-refractivity contribution in [2.24, 2.45) is 5.73 Å². The van der Waals surface area contributed by atoms with Crippen molar-refractivity contribution in [2.45, 2.75) is 26.7 Å². The van der Waals surface area contributed by atoms with Crippen LogP contribution in [0.15, 0.2) is 60.2 Å². The van der Waals surface area contributed by atoms with E-state index in [4.69, 9.17) is 15.9 Å². The molecule has 2 aromatic rings. The van der Waals surface area contributed by atoms with Gasteiger partial charge in [-0.2, -0.15) is 0 Å². The average Bonchev–Trinajstić information content (AvgIpc) is 2.82. The topological polar surface area (TPSA) is 96.5 Å². The molecular weight excluding hydrogens is 366 g/mol. The monoisotopic (exact) mass is 393 g/mol.